The van der Waals surface area contributed by atoms with Gasteiger partial charge in [0.2, 0.25) is 0 Å². The van der Waals surface area contributed by atoms with Crippen LogP contribution in [0.5, 0.6) is 0 Å². The van der Waals surface area contributed by atoms with E-state index in [0.717, 1.165) is 43.4 Å². The lowest BCUT2D eigenvalue weighted by molar-refractivity contribution is 0.0351. The smallest absolute Gasteiger partial charge is 0.0653 e. The first-order valence-corrected chi connectivity index (χ1v) is 8.72. The largest absolute Gasteiger partial charge is 0.390 e. The zero-order valence-electron chi connectivity index (χ0n) is 13.3. The summed E-state index contributed by atoms with van der Waals surface area (Å²) in [7, 11) is 0. The monoisotopic (exact) mass is 354 g/mol. The highest BCUT2D eigenvalue weighted by Crippen LogP contribution is 2.31. The van der Waals surface area contributed by atoms with Crippen LogP contribution in [0.3, 0.4) is 0 Å². The van der Waals surface area contributed by atoms with Gasteiger partial charge in [0, 0.05) is 29.3 Å². The van der Waals surface area contributed by atoms with Crippen LogP contribution in [0.1, 0.15) is 51.6 Å². The second-order valence-corrected chi connectivity index (χ2v) is 7.22. The highest BCUT2D eigenvalue weighted by Gasteiger charge is 2.27. The zero-order chi connectivity index (χ0) is 15.5. The normalized spacial score (nSPS) is 19.6. The van der Waals surface area contributed by atoms with E-state index in [9.17, 15) is 5.11 Å². The Morgan fingerprint density at radius 2 is 2.05 bits per heavy atom. The molecular weight excluding hydrogens is 328 g/mol. The molecule has 2 N–H and O–H groups in total. The van der Waals surface area contributed by atoms with E-state index >= 15 is 0 Å². The SMILES string of the molecule is CCCNC(C)c1ccc(N2CCC(C)(O)CC2)cc1Br. The standard InChI is InChI=1S/C17H27BrN2O/c1-4-9-19-13(2)15-6-5-14(12-16(15)18)20-10-7-17(3,21)8-11-20/h5-6,12-13,19,21H,4,7-11H2,1-3H3. The molecule has 0 radical (unpaired) electrons. The van der Waals surface area contributed by atoms with Crippen molar-refractivity contribution in [2.75, 3.05) is 24.5 Å². The van der Waals surface area contributed by atoms with Crippen LogP contribution in [-0.2, 0) is 0 Å². The van der Waals surface area contributed by atoms with Crippen LogP contribution >= 0.6 is 15.9 Å². The quantitative estimate of drug-likeness (QED) is 0.842. The molecule has 1 saturated heterocycles. The zero-order valence-corrected chi connectivity index (χ0v) is 14.9. The average Bonchev–Trinajstić information content (AvgIpc) is 2.44. The van der Waals surface area contributed by atoms with Crippen molar-refractivity contribution in [1.29, 1.82) is 0 Å². The Bertz CT molecular complexity index is 466. The fourth-order valence-electron chi connectivity index (χ4n) is 2.78. The number of halogens is 1. The Morgan fingerprint density at radius 1 is 1.38 bits per heavy atom. The fraction of sp³-hybridized carbons (Fsp3) is 0.647. The van der Waals surface area contributed by atoms with E-state index in [2.05, 4.69) is 58.2 Å². The summed E-state index contributed by atoms with van der Waals surface area (Å²) in [6.45, 7) is 9.20. The van der Waals surface area contributed by atoms with E-state index in [0.29, 0.717) is 6.04 Å². The van der Waals surface area contributed by atoms with E-state index in [4.69, 9.17) is 0 Å². The molecule has 0 saturated carbocycles. The van der Waals surface area contributed by atoms with Gasteiger partial charge in [-0.3, -0.25) is 0 Å². The van der Waals surface area contributed by atoms with E-state index in [1.54, 1.807) is 0 Å². The molecule has 4 heteroatoms. The van der Waals surface area contributed by atoms with E-state index in [-0.39, 0.29) is 0 Å². The van der Waals surface area contributed by atoms with Gasteiger partial charge in [0.05, 0.1) is 5.60 Å². The van der Waals surface area contributed by atoms with Gasteiger partial charge >= 0.3 is 0 Å². The lowest BCUT2D eigenvalue weighted by atomic mass is 9.93. The second-order valence-electron chi connectivity index (χ2n) is 6.37. The third kappa shape index (κ3) is 4.44. The van der Waals surface area contributed by atoms with Crippen LogP contribution in [0.15, 0.2) is 22.7 Å². The molecule has 1 aliphatic heterocycles. The summed E-state index contributed by atoms with van der Waals surface area (Å²) in [5.74, 6) is 0. The minimum Gasteiger partial charge on any atom is -0.390 e. The van der Waals surface area contributed by atoms with Crippen molar-refractivity contribution in [2.45, 2.75) is 51.7 Å². The van der Waals surface area contributed by atoms with Crippen LogP contribution in [0.25, 0.3) is 0 Å². The molecule has 2 rings (SSSR count). The maximum atomic E-state index is 10.0. The van der Waals surface area contributed by atoms with Crippen LogP contribution in [0, 0.1) is 0 Å². The maximum Gasteiger partial charge on any atom is 0.0653 e. The van der Waals surface area contributed by atoms with Crippen molar-refractivity contribution in [2.24, 2.45) is 0 Å². The molecule has 0 aliphatic carbocycles. The first kappa shape index (κ1) is 16.8. The minimum atomic E-state index is -0.494. The molecule has 0 spiro atoms. The molecule has 3 nitrogen and oxygen atoms in total. The van der Waals surface area contributed by atoms with Crippen LogP contribution in [0.4, 0.5) is 5.69 Å². The molecule has 1 fully saturated rings. The summed E-state index contributed by atoms with van der Waals surface area (Å²) >= 11 is 3.71. The Morgan fingerprint density at radius 3 is 2.62 bits per heavy atom. The Labute approximate surface area is 136 Å². The van der Waals surface area contributed by atoms with E-state index in [1.165, 1.54) is 11.3 Å². The molecular formula is C17H27BrN2O. The number of hydrogen-bond acceptors (Lipinski definition) is 3. The number of aliphatic hydroxyl groups is 1. The van der Waals surface area contributed by atoms with Gasteiger partial charge in [-0.1, -0.05) is 28.9 Å². The highest BCUT2D eigenvalue weighted by molar-refractivity contribution is 9.10. The Hall–Kier alpha value is -0.580. The Kier molecular flexibility index (Phi) is 5.69. The number of hydrogen-bond donors (Lipinski definition) is 2. The van der Waals surface area contributed by atoms with Crippen molar-refractivity contribution in [3.63, 3.8) is 0 Å². The topological polar surface area (TPSA) is 35.5 Å². The molecule has 0 bridgehead atoms. The number of benzene rings is 1. The van der Waals surface area contributed by atoms with Crippen molar-refractivity contribution in [3.8, 4) is 0 Å². The molecule has 1 aromatic carbocycles. The van der Waals surface area contributed by atoms with Gasteiger partial charge in [0.25, 0.3) is 0 Å². The second kappa shape index (κ2) is 7.12. The summed E-state index contributed by atoms with van der Waals surface area (Å²) in [4.78, 5) is 2.36. The molecule has 1 unspecified atom stereocenters. The number of piperidine rings is 1. The number of nitrogens with zero attached hydrogens (tertiary/aromatic N) is 1. The molecule has 0 amide bonds. The van der Waals surface area contributed by atoms with Gasteiger partial charge in [-0.05, 0) is 57.4 Å². The number of anilines is 1. The van der Waals surface area contributed by atoms with Gasteiger partial charge < -0.3 is 15.3 Å². The summed E-state index contributed by atoms with van der Waals surface area (Å²) in [6.07, 6.45) is 2.81. The summed E-state index contributed by atoms with van der Waals surface area (Å²) < 4.78 is 1.16. The average molecular weight is 355 g/mol. The third-order valence-electron chi connectivity index (χ3n) is 4.36. The van der Waals surface area contributed by atoms with Crippen molar-refractivity contribution >= 4 is 21.6 Å². The molecule has 1 atom stereocenters. The first-order chi connectivity index (χ1) is 9.93. The molecule has 1 heterocycles. The fourth-order valence-corrected chi connectivity index (χ4v) is 3.49. The number of nitrogens with one attached hydrogen (secondary N) is 1. The molecule has 118 valence electrons. The van der Waals surface area contributed by atoms with Gasteiger partial charge in [0.15, 0.2) is 0 Å². The molecule has 0 aromatic heterocycles. The van der Waals surface area contributed by atoms with Crippen molar-refractivity contribution < 1.29 is 5.11 Å². The lowest BCUT2D eigenvalue weighted by Gasteiger charge is -2.37. The first-order valence-electron chi connectivity index (χ1n) is 7.93. The summed E-state index contributed by atoms with van der Waals surface area (Å²) in [5, 5.41) is 13.6. The highest BCUT2D eigenvalue weighted by atomic mass is 79.9. The van der Waals surface area contributed by atoms with Gasteiger partial charge in [0.1, 0.15) is 0 Å². The molecule has 1 aromatic rings. The van der Waals surface area contributed by atoms with Crippen LogP contribution in [0.2, 0.25) is 0 Å². The van der Waals surface area contributed by atoms with Gasteiger partial charge in [-0.15, -0.1) is 0 Å². The lowest BCUT2D eigenvalue weighted by Crippen LogP contribution is -2.42. The van der Waals surface area contributed by atoms with Crippen molar-refractivity contribution in [3.05, 3.63) is 28.2 Å². The van der Waals surface area contributed by atoms with Gasteiger partial charge in [-0.2, -0.15) is 0 Å². The van der Waals surface area contributed by atoms with Crippen LogP contribution < -0.4 is 10.2 Å². The molecule has 21 heavy (non-hydrogen) atoms. The maximum absolute atomic E-state index is 10.0. The van der Waals surface area contributed by atoms with Gasteiger partial charge in [-0.25, -0.2) is 0 Å². The molecule has 1 aliphatic rings. The van der Waals surface area contributed by atoms with Crippen LogP contribution in [-0.4, -0.2) is 30.3 Å². The predicted octanol–water partition coefficient (Wildman–Crippen LogP) is 3.86. The Balaban J connectivity index is 2.05. The minimum absolute atomic E-state index is 0.357. The predicted molar refractivity (Wildman–Crippen MR) is 92.9 cm³/mol. The van der Waals surface area contributed by atoms with E-state index < -0.39 is 5.60 Å². The summed E-state index contributed by atoms with van der Waals surface area (Å²) in [5.41, 5.74) is 2.05. The third-order valence-corrected chi connectivity index (χ3v) is 5.04. The summed E-state index contributed by atoms with van der Waals surface area (Å²) in [6, 6.07) is 6.97. The van der Waals surface area contributed by atoms with Crippen molar-refractivity contribution in [1.82, 2.24) is 5.32 Å². The number of rotatable bonds is 5. The van der Waals surface area contributed by atoms with E-state index in [1.807, 2.05) is 6.92 Å².